The van der Waals surface area contributed by atoms with Crippen molar-refractivity contribution in [3.8, 4) is 28.3 Å². The van der Waals surface area contributed by atoms with Crippen molar-refractivity contribution in [2.75, 3.05) is 0 Å². The monoisotopic (exact) mass is 609 g/mol. The van der Waals surface area contributed by atoms with Crippen LogP contribution in [0, 0.1) is 0 Å². The first-order valence-corrected chi connectivity index (χ1v) is 16.6. The predicted octanol–water partition coefficient (Wildman–Crippen LogP) is 11.6. The molecule has 0 aliphatic heterocycles. The summed E-state index contributed by atoms with van der Waals surface area (Å²) in [6.45, 7) is 0. The Kier molecular flexibility index (Phi) is 5.32. The number of aromatic nitrogens is 3. The van der Waals surface area contributed by atoms with Gasteiger partial charge in [0.1, 0.15) is 0 Å². The lowest BCUT2D eigenvalue weighted by atomic mass is 9.98. The normalized spacial score (nSPS) is 12.0. The zero-order chi connectivity index (χ0) is 29.5. The van der Waals surface area contributed by atoms with Crippen LogP contribution in [-0.2, 0) is 0 Å². The number of rotatable bonds is 3. The molecular formula is C40H23N3S2. The first-order valence-electron chi connectivity index (χ1n) is 15.0. The SMILES string of the molecule is c1ccc(-c2ccc(-c3nc(-n4c5c6ccccc6sc5c5sc6ccccc6c54)nc4ccc5ccccc5c34)cc2)cc1. The Bertz CT molecular complexity index is 2660. The molecule has 5 heteroatoms. The van der Waals surface area contributed by atoms with Crippen LogP contribution in [0.1, 0.15) is 0 Å². The molecule has 0 saturated carbocycles. The summed E-state index contributed by atoms with van der Waals surface area (Å²) in [5, 5.41) is 5.89. The summed E-state index contributed by atoms with van der Waals surface area (Å²) >= 11 is 3.72. The molecule has 3 nitrogen and oxygen atoms in total. The highest BCUT2D eigenvalue weighted by Crippen LogP contribution is 2.48. The van der Waals surface area contributed by atoms with Crippen LogP contribution >= 0.6 is 22.7 Å². The third kappa shape index (κ3) is 3.69. The van der Waals surface area contributed by atoms with Crippen LogP contribution in [-0.4, -0.2) is 14.5 Å². The summed E-state index contributed by atoms with van der Waals surface area (Å²) in [6.07, 6.45) is 0. The molecule has 0 fully saturated rings. The van der Waals surface area contributed by atoms with Gasteiger partial charge >= 0.3 is 0 Å². The van der Waals surface area contributed by atoms with Crippen LogP contribution in [0.5, 0.6) is 0 Å². The average molecular weight is 610 g/mol. The second-order valence-electron chi connectivity index (χ2n) is 11.4. The predicted molar refractivity (Wildman–Crippen MR) is 193 cm³/mol. The van der Waals surface area contributed by atoms with E-state index < -0.39 is 0 Å². The zero-order valence-corrected chi connectivity index (χ0v) is 25.6. The highest BCUT2D eigenvalue weighted by Gasteiger charge is 2.24. The van der Waals surface area contributed by atoms with E-state index in [0.29, 0.717) is 5.95 Å². The van der Waals surface area contributed by atoms with Crippen molar-refractivity contribution in [3.63, 3.8) is 0 Å². The van der Waals surface area contributed by atoms with Gasteiger partial charge in [-0.1, -0.05) is 121 Å². The number of hydrogen-bond acceptors (Lipinski definition) is 4. The van der Waals surface area contributed by atoms with E-state index in [1.807, 2.05) is 22.7 Å². The number of fused-ring (bicyclic) bond motifs is 10. The molecule has 4 heterocycles. The molecule has 45 heavy (non-hydrogen) atoms. The van der Waals surface area contributed by atoms with Gasteiger partial charge < -0.3 is 0 Å². The second-order valence-corrected chi connectivity index (χ2v) is 13.5. The van der Waals surface area contributed by atoms with Gasteiger partial charge in [0, 0.05) is 31.1 Å². The smallest absolute Gasteiger partial charge is 0.235 e. The van der Waals surface area contributed by atoms with E-state index in [0.717, 1.165) is 27.5 Å². The fourth-order valence-electron chi connectivity index (χ4n) is 6.78. The van der Waals surface area contributed by atoms with Crippen LogP contribution in [0.4, 0.5) is 0 Å². The van der Waals surface area contributed by atoms with Gasteiger partial charge in [0.15, 0.2) is 0 Å². The van der Waals surface area contributed by atoms with E-state index in [9.17, 15) is 0 Å². The number of hydrogen-bond donors (Lipinski definition) is 0. The third-order valence-corrected chi connectivity index (χ3v) is 11.3. The largest absolute Gasteiger partial charge is 0.275 e. The molecule has 10 rings (SSSR count). The minimum atomic E-state index is 0.701. The molecular weight excluding hydrogens is 587 g/mol. The number of nitrogens with zero attached hydrogens (tertiary/aromatic N) is 3. The Balaban J connectivity index is 1.33. The Morgan fingerprint density at radius 1 is 0.444 bits per heavy atom. The molecule has 0 radical (unpaired) electrons. The first kappa shape index (κ1) is 25.0. The molecule has 0 aliphatic carbocycles. The first-order chi connectivity index (χ1) is 22.3. The van der Waals surface area contributed by atoms with Gasteiger partial charge in [0.05, 0.1) is 31.6 Å². The van der Waals surface area contributed by atoms with Crippen molar-refractivity contribution in [2.24, 2.45) is 0 Å². The number of thiophene rings is 2. The minimum Gasteiger partial charge on any atom is -0.275 e. The van der Waals surface area contributed by atoms with E-state index in [-0.39, 0.29) is 0 Å². The summed E-state index contributed by atoms with van der Waals surface area (Å²) in [5.41, 5.74) is 7.72. The highest BCUT2D eigenvalue weighted by molar-refractivity contribution is 7.33. The summed E-state index contributed by atoms with van der Waals surface area (Å²) in [6, 6.07) is 49.6. The van der Waals surface area contributed by atoms with Crippen molar-refractivity contribution >= 4 is 85.0 Å². The van der Waals surface area contributed by atoms with Gasteiger partial charge in [-0.2, -0.15) is 0 Å². The molecule has 0 aliphatic rings. The van der Waals surface area contributed by atoms with Gasteiger partial charge in [0.25, 0.3) is 0 Å². The van der Waals surface area contributed by atoms with Crippen LogP contribution in [0.15, 0.2) is 140 Å². The quantitative estimate of drug-likeness (QED) is 0.187. The summed E-state index contributed by atoms with van der Waals surface area (Å²) in [5.74, 6) is 0.701. The topological polar surface area (TPSA) is 30.7 Å². The fourth-order valence-corrected chi connectivity index (χ4v) is 9.29. The maximum atomic E-state index is 5.50. The van der Waals surface area contributed by atoms with Gasteiger partial charge in [-0.05, 0) is 40.1 Å². The molecule has 0 bridgehead atoms. The van der Waals surface area contributed by atoms with E-state index in [2.05, 4.69) is 144 Å². The lowest BCUT2D eigenvalue weighted by Gasteiger charge is -2.14. The van der Waals surface area contributed by atoms with Crippen LogP contribution in [0.2, 0.25) is 0 Å². The molecule has 0 spiro atoms. The van der Waals surface area contributed by atoms with E-state index in [1.165, 1.54) is 57.1 Å². The summed E-state index contributed by atoms with van der Waals surface area (Å²) < 4.78 is 7.48. The lowest BCUT2D eigenvalue weighted by molar-refractivity contribution is 1.02. The average Bonchev–Trinajstić information content (AvgIpc) is 3.76. The molecule has 210 valence electrons. The van der Waals surface area contributed by atoms with E-state index >= 15 is 0 Å². The van der Waals surface area contributed by atoms with E-state index in [1.54, 1.807) is 0 Å². The van der Waals surface area contributed by atoms with E-state index in [4.69, 9.17) is 9.97 Å². The van der Waals surface area contributed by atoms with Crippen LogP contribution in [0.25, 0.3) is 90.6 Å². The molecule has 4 aromatic heterocycles. The number of benzene rings is 6. The molecule has 0 saturated heterocycles. The standard InChI is InChI=1S/C40H23N3S2/c1-2-10-24(11-3-1)25-18-20-27(21-19-25)35-34-28-13-5-4-12-26(28)22-23-31(34)41-40(42-35)43-36-29-14-6-8-16-32(29)44-38(36)39-37(43)30-15-7-9-17-33(30)45-39/h1-23H. The van der Waals surface area contributed by atoms with Gasteiger partial charge in [0.2, 0.25) is 5.95 Å². The van der Waals surface area contributed by atoms with Crippen molar-refractivity contribution in [2.45, 2.75) is 0 Å². The summed E-state index contributed by atoms with van der Waals surface area (Å²) in [4.78, 5) is 10.9. The fraction of sp³-hybridized carbons (Fsp3) is 0. The molecule has 10 aromatic rings. The Morgan fingerprint density at radius 3 is 1.69 bits per heavy atom. The summed E-state index contributed by atoms with van der Waals surface area (Å²) in [7, 11) is 0. The maximum absolute atomic E-state index is 5.50. The minimum absolute atomic E-state index is 0.701. The van der Waals surface area contributed by atoms with Crippen molar-refractivity contribution in [1.82, 2.24) is 14.5 Å². The zero-order valence-electron chi connectivity index (χ0n) is 23.9. The van der Waals surface area contributed by atoms with Crippen LogP contribution in [0.3, 0.4) is 0 Å². The molecule has 6 aromatic carbocycles. The van der Waals surface area contributed by atoms with Crippen molar-refractivity contribution in [1.29, 1.82) is 0 Å². The second kappa shape index (κ2) is 9.57. The van der Waals surface area contributed by atoms with Gasteiger partial charge in [-0.25, -0.2) is 9.97 Å². The Hall–Kier alpha value is -5.36. The van der Waals surface area contributed by atoms with Crippen molar-refractivity contribution in [3.05, 3.63) is 140 Å². The molecule has 0 amide bonds. The van der Waals surface area contributed by atoms with Crippen molar-refractivity contribution < 1.29 is 0 Å². The molecule has 0 atom stereocenters. The lowest BCUT2D eigenvalue weighted by Crippen LogP contribution is -2.03. The molecule has 0 N–H and O–H groups in total. The van der Waals surface area contributed by atoms with Gasteiger partial charge in [-0.15, -0.1) is 22.7 Å². The highest BCUT2D eigenvalue weighted by atomic mass is 32.1. The molecule has 0 unspecified atom stereocenters. The maximum Gasteiger partial charge on any atom is 0.235 e. The van der Waals surface area contributed by atoms with Crippen LogP contribution < -0.4 is 0 Å². The third-order valence-electron chi connectivity index (χ3n) is 8.83. The Morgan fingerprint density at radius 2 is 1.00 bits per heavy atom. The Labute approximate surface area is 266 Å². The van der Waals surface area contributed by atoms with Gasteiger partial charge in [-0.3, -0.25) is 4.57 Å².